The molecule has 0 aromatic carbocycles. The molecule has 8 heteroatoms. The Labute approximate surface area is 110 Å². The van der Waals surface area contributed by atoms with Crippen LogP contribution < -0.4 is 0 Å². The van der Waals surface area contributed by atoms with Crippen molar-refractivity contribution in [3.8, 4) is 0 Å². The van der Waals surface area contributed by atoms with Gasteiger partial charge >= 0.3 is 0 Å². The molecule has 0 N–H and O–H groups in total. The first-order valence-corrected chi connectivity index (χ1v) is 6.45. The lowest BCUT2D eigenvalue weighted by atomic mass is 9.99. The number of nitro groups is 1. The lowest BCUT2D eigenvalue weighted by Crippen LogP contribution is -2.56. The molecule has 0 radical (unpaired) electrons. The molecule has 0 atom stereocenters. The molecule has 0 saturated heterocycles. The summed E-state index contributed by atoms with van der Waals surface area (Å²) < 4.78 is 0.293. The predicted molar refractivity (Wildman–Crippen MR) is 67.3 cm³/mol. The van der Waals surface area contributed by atoms with Gasteiger partial charge in [0.15, 0.2) is 14.3 Å². The van der Waals surface area contributed by atoms with E-state index in [9.17, 15) is 15.3 Å². The van der Waals surface area contributed by atoms with E-state index in [1.807, 2.05) is 0 Å². The summed E-state index contributed by atoms with van der Waals surface area (Å²) in [5.74, 6) is 0. The van der Waals surface area contributed by atoms with E-state index in [2.05, 4.69) is 31.9 Å². The van der Waals surface area contributed by atoms with E-state index >= 15 is 0 Å². The predicted octanol–water partition coefficient (Wildman–Crippen LogP) is 2.08. The number of hydrazine groups is 1. The summed E-state index contributed by atoms with van der Waals surface area (Å²) in [6.07, 6.45) is 0. The maximum atomic E-state index is 12.1. The van der Waals surface area contributed by atoms with Gasteiger partial charge in [-0.25, -0.2) is 10.1 Å². The zero-order valence-electron chi connectivity index (χ0n) is 9.40. The summed E-state index contributed by atoms with van der Waals surface area (Å²) in [6, 6.07) is 0. The van der Waals surface area contributed by atoms with Gasteiger partial charge < -0.3 is 5.21 Å². The number of hydroxylamine groups is 1. The van der Waals surface area contributed by atoms with E-state index in [4.69, 9.17) is 0 Å². The molecule has 0 aromatic heterocycles. The average molecular weight is 359 g/mol. The van der Waals surface area contributed by atoms with E-state index < -0.39 is 20.0 Å². The van der Waals surface area contributed by atoms with Crippen LogP contribution in [0.5, 0.6) is 0 Å². The van der Waals surface area contributed by atoms with Crippen LogP contribution >= 0.6 is 31.9 Å². The molecule has 16 heavy (non-hydrogen) atoms. The first-order valence-electron chi connectivity index (χ1n) is 4.62. The van der Waals surface area contributed by atoms with Crippen molar-refractivity contribution in [2.75, 3.05) is 0 Å². The fourth-order valence-corrected chi connectivity index (χ4v) is 3.67. The fraction of sp³-hybridized carbons (Fsp3) is 0.875. The highest BCUT2D eigenvalue weighted by atomic mass is 79.9. The molecule has 0 fully saturated rings. The van der Waals surface area contributed by atoms with Gasteiger partial charge in [-0.2, -0.15) is 4.74 Å². The minimum Gasteiger partial charge on any atom is -0.622 e. The first-order chi connectivity index (χ1) is 7.04. The highest BCUT2D eigenvalue weighted by Crippen LogP contribution is 2.37. The van der Waals surface area contributed by atoms with Crippen molar-refractivity contribution in [2.24, 2.45) is 0 Å². The van der Waals surface area contributed by atoms with Gasteiger partial charge in [0.05, 0.1) is 0 Å². The van der Waals surface area contributed by atoms with Gasteiger partial charge in [0, 0.05) is 13.8 Å². The number of halogens is 2. The second kappa shape index (κ2) is 3.83. The molecule has 92 valence electrons. The summed E-state index contributed by atoms with van der Waals surface area (Å²) >= 11 is 6.47. The molecule has 0 aromatic rings. The van der Waals surface area contributed by atoms with Gasteiger partial charge in [-0.1, -0.05) is 31.9 Å². The standard InChI is InChI=1S/C8H13Br2N3O3/c1-7(2)5(6(9)10)11(14)8(3,4)12(7)13(15)16/h6H,1-4H3. The van der Waals surface area contributed by atoms with Crippen LogP contribution in [0.15, 0.2) is 0 Å². The smallest absolute Gasteiger partial charge is 0.295 e. The molecular formula is C8H13Br2N3O3. The van der Waals surface area contributed by atoms with Gasteiger partial charge in [-0.3, -0.25) is 0 Å². The lowest BCUT2D eigenvalue weighted by Gasteiger charge is -2.28. The Balaban J connectivity index is 3.41. The van der Waals surface area contributed by atoms with Crippen molar-refractivity contribution < 1.29 is 9.77 Å². The molecule has 6 nitrogen and oxygen atoms in total. The summed E-state index contributed by atoms with van der Waals surface area (Å²) in [5.41, 5.74) is -1.77. The summed E-state index contributed by atoms with van der Waals surface area (Å²) in [6.45, 7) is 6.36. The van der Waals surface area contributed by atoms with E-state index in [0.717, 1.165) is 5.01 Å². The third-order valence-corrected chi connectivity index (χ3v) is 3.63. The Bertz CT molecular complexity index is 366. The second-order valence-corrected chi connectivity index (χ2v) is 7.64. The van der Waals surface area contributed by atoms with E-state index in [-0.39, 0.29) is 0 Å². The molecule has 0 bridgehead atoms. The molecule has 0 aliphatic carbocycles. The topological polar surface area (TPSA) is 72.5 Å². The van der Waals surface area contributed by atoms with Gasteiger partial charge in [0.2, 0.25) is 5.71 Å². The monoisotopic (exact) mass is 357 g/mol. The Morgan fingerprint density at radius 3 is 2.00 bits per heavy atom. The summed E-state index contributed by atoms with van der Waals surface area (Å²) in [7, 11) is 0. The van der Waals surface area contributed by atoms with E-state index in [1.165, 1.54) is 13.8 Å². The molecule has 0 unspecified atom stereocenters. The molecule has 0 spiro atoms. The number of nitrogens with zero attached hydrogens (tertiary/aromatic N) is 3. The lowest BCUT2D eigenvalue weighted by molar-refractivity contribution is -0.742. The largest absolute Gasteiger partial charge is 0.622 e. The molecule has 1 aliphatic rings. The maximum absolute atomic E-state index is 12.1. The van der Waals surface area contributed by atoms with Crippen molar-refractivity contribution in [1.82, 2.24) is 5.01 Å². The van der Waals surface area contributed by atoms with Crippen LogP contribution in [0.1, 0.15) is 27.7 Å². The van der Waals surface area contributed by atoms with Gasteiger partial charge in [-0.05, 0) is 18.9 Å². The normalized spacial score (nSPS) is 23.1. The molecule has 0 saturated carbocycles. The van der Waals surface area contributed by atoms with Crippen LogP contribution in [0.3, 0.4) is 0 Å². The molecular weight excluding hydrogens is 346 g/mol. The van der Waals surface area contributed by atoms with Crippen LogP contribution in [-0.4, -0.2) is 35.4 Å². The number of hydrogen-bond acceptors (Lipinski definition) is 3. The van der Waals surface area contributed by atoms with Crippen LogP contribution in [0, 0.1) is 15.3 Å². The third-order valence-electron chi connectivity index (χ3n) is 2.76. The summed E-state index contributed by atoms with van der Waals surface area (Å²) in [4.78, 5) is 11.1. The maximum Gasteiger partial charge on any atom is 0.295 e. The Kier molecular flexibility index (Phi) is 3.28. The van der Waals surface area contributed by atoms with Crippen molar-refractivity contribution in [3.63, 3.8) is 0 Å². The van der Waals surface area contributed by atoms with Crippen LogP contribution in [0.25, 0.3) is 0 Å². The van der Waals surface area contributed by atoms with Crippen LogP contribution in [-0.2, 0) is 0 Å². The highest BCUT2D eigenvalue weighted by molar-refractivity contribution is 9.25. The average Bonchev–Trinajstić information content (AvgIpc) is 2.12. The van der Waals surface area contributed by atoms with Gasteiger partial charge in [0.1, 0.15) is 0 Å². The minimum absolute atomic E-state index is 0.384. The Morgan fingerprint density at radius 2 is 1.81 bits per heavy atom. The molecule has 1 rings (SSSR count). The van der Waals surface area contributed by atoms with Crippen molar-refractivity contribution in [3.05, 3.63) is 15.3 Å². The fourth-order valence-electron chi connectivity index (χ4n) is 2.18. The zero-order valence-corrected chi connectivity index (χ0v) is 12.6. The van der Waals surface area contributed by atoms with Crippen molar-refractivity contribution >= 4 is 37.6 Å². The van der Waals surface area contributed by atoms with Gasteiger partial charge in [-0.15, -0.1) is 0 Å². The highest BCUT2D eigenvalue weighted by Gasteiger charge is 2.64. The number of hydrogen-bond donors (Lipinski definition) is 0. The van der Waals surface area contributed by atoms with Crippen molar-refractivity contribution in [1.29, 1.82) is 0 Å². The Hall–Kier alpha value is -0.370. The quantitative estimate of drug-likeness (QED) is 0.249. The van der Waals surface area contributed by atoms with Crippen LogP contribution in [0.4, 0.5) is 0 Å². The van der Waals surface area contributed by atoms with Gasteiger partial charge in [0.25, 0.3) is 5.66 Å². The Morgan fingerprint density at radius 1 is 1.38 bits per heavy atom. The van der Waals surface area contributed by atoms with Crippen LogP contribution in [0.2, 0.25) is 0 Å². The number of rotatable bonds is 2. The summed E-state index contributed by atoms with van der Waals surface area (Å²) in [5, 5.41) is 23.6. The molecule has 1 aliphatic heterocycles. The number of alkyl halides is 2. The second-order valence-electron chi connectivity index (χ2n) is 4.58. The molecule has 1 heterocycles. The van der Waals surface area contributed by atoms with E-state index in [1.54, 1.807) is 13.8 Å². The van der Waals surface area contributed by atoms with Crippen molar-refractivity contribution in [2.45, 2.75) is 42.6 Å². The minimum atomic E-state index is -1.21. The third kappa shape index (κ3) is 1.71. The molecule has 0 amide bonds. The first kappa shape index (κ1) is 13.7. The zero-order chi connectivity index (χ0) is 12.9. The SMILES string of the molecule is CC1(C)C(C(Br)Br)=[N+]([O-])C(C)(C)N1[N+](=O)[O-]. The van der Waals surface area contributed by atoms with E-state index in [0.29, 0.717) is 10.5 Å².